The number of nitrogens with zero attached hydrogens (tertiary/aromatic N) is 2. The van der Waals surface area contributed by atoms with Crippen LogP contribution in [0.15, 0.2) is 46.0 Å². The van der Waals surface area contributed by atoms with Crippen LogP contribution in [-0.4, -0.2) is 43.5 Å². The maximum atomic E-state index is 11.8. The monoisotopic (exact) mass is 378 g/mol. The molecule has 7 nitrogen and oxygen atoms in total. The normalized spacial score (nSPS) is 12.8. The second-order valence-electron chi connectivity index (χ2n) is 6.59. The second-order valence-corrected chi connectivity index (χ2v) is 9.24. The standard InChI is InChI=1S/C18H26N4O3S/c1-5-19-17(21-13-18(2,3)26(4,23)24)20-11-15-12-25-16(22-15)14-9-7-6-8-10-14/h6-10,12H,5,11,13H2,1-4H3,(H2,19,20,21). The quantitative estimate of drug-likeness (QED) is 0.566. The maximum absolute atomic E-state index is 11.8. The van der Waals surface area contributed by atoms with Gasteiger partial charge >= 0.3 is 0 Å². The largest absolute Gasteiger partial charge is 0.444 e. The molecule has 0 amide bonds. The Morgan fingerprint density at radius 1 is 1.23 bits per heavy atom. The molecule has 2 N–H and O–H groups in total. The molecular weight excluding hydrogens is 352 g/mol. The van der Waals surface area contributed by atoms with E-state index in [1.807, 2.05) is 37.3 Å². The van der Waals surface area contributed by atoms with Crippen molar-refractivity contribution in [3.63, 3.8) is 0 Å². The van der Waals surface area contributed by atoms with E-state index in [-0.39, 0.29) is 6.54 Å². The minimum Gasteiger partial charge on any atom is -0.444 e. The lowest BCUT2D eigenvalue weighted by atomic mass is 10.2. The fourth-order valence-corrected chi connectivity index (χ4v) is 2.36. The number of rotatable bonds is 7. The SMILES string of the molecule is CCNC(=NCc1coc(-c2ccccc2)n1)NCC(C)(C)S(C)(=O)=O. The predicted octanol–water partition coefficient (Wildman–Crippen LogP) is 2.22. The molecule has 0 saturated heterocycles. The van der Waals surface area contributed by atoms with Gasteiger partial charge in [0.05, 0.1) is 11.3 Å². The number of nitrogens with one attached hydrogen (secondary N) is 2. The van der Waals surface area contributed by atoms with E-state index in [9.17, 15) is 8.42 Å². The van der Waals surface area contributed by atoms with Crippen LogP contribution in [0, 0.1) is 0 Å². The number of aromatic nitrogens is 1. The Bertz CT molecular complexity index is 842. The summed E-state index contributed by atoms with van der Waals surface area (Å²) < 4.78 is 28.2. The average Bonchev–Trinajstić information content (AvgIpc) is 3.06. The van der Waals surface area contributed by atoms with Crippen molar-refractivity contribution in [2.24, 2.45) is 4.99 Å². The van der Waals surface area contributed by atoms with Gasteiger partial charge in [-0.3, -0.25) is 0 Å². The molecule has 0 bridgehead atoms. The molecule has 0 spiro atoms. The van der Waals surface area contributed by atoms with Crippen LogP contribution < -0.4 is 10.6 Å². The van der Waals surface area contributed by atoms with Gasteiger partial charge < -0.3 is 15.1 Å². The first-order valence-corrected chi connectivity index (χ1v) is 10.3. The third-order valence-corrected chi connectivity index (χ3v) is 6.15. The molecule has 0 atom stereocenters. The van der Waals surface area contributed by atoms with Crippen molar-refractivity contribution in [1.29, 1.82) is 0 Å². The van der Waals surface area contributed by atoms with Gasteiger partial charge in [-0.2, -0.15) is 0 Å². The van der Waals surface area contributed by atoms with E-state index in [1.54, 1.807) is 20.1 Å². The molecule has 0 fully saturated rings. The van der Waals surface area contributed by atoms with Crippen LogP contribution in [0.5, 0.6) is 0 Å². The lowest BCUT2D eigenvalue weighted by Crippen LogP contribution is -2.47. The van der Waals surface area contributed by atoms with Crippen LogP contribution in [0.2, 0.25) is 0 Å². The Kier molecular flexibility index (Phi) is 6.42. The van der Waals surface area contributed by atoms with Crippen molar-refractivity contribution in [3.8, 4) is 11.5 Å². The highest BCUT2D eigenvalue weighted by Gasteiger charge is 2.30. The lowest BCUT2D eigenvalue weighted by Gasteiger charge is -2.24. The van der Waals surface area contributed by atoms with E-state index in [0.717, 1.165) is 5.56 Å². The van der Waals surface area contributed by atoms with E-state index in [4.69, 9.17) is 4.42 Å². The van der Waals surface area contributed by atoms with E-state index in [2.05, 4.69) is 20.6 Å². The third kappa shape index (κ3) is 5.32. The Balaban J connectivity index is 2.04. The molecule has 2 aromatic rings. The van der Waals surface area contributed by atoms with Gasteiger partial charge in [-0.05, 0) is 32.9 Å². The first-order valence-electron chi connectivity index (χ1n) is 8.44. The van der Waals surface area contributed by atoms with Crippen LogP contribution in [0.1, 0.15) is 26.5 Å². The Morgan fingerprint density at radius 3 is 2.54 bits per heavy atom. The summed E-state index contributed by atoms with van der Waals surface area (Å²) in [5, 5.41) is 6.18. The fraction of sp³-hybridized carbons (Fsp3) is 0.444. The number of sulfone groups is 1. The van der Waals surface area contributed by atoms with Gasteiger partial charge in [0.15, 0.2) is 15.8 Å². The van der Waals surface area contributed by atoms with Gasteiger partial charge in [0, 0.05) is 24.9 Å². The highest BCUT2D eigenvalue weighted by Crippen LogP contribution is 2.18. The third-order valence-electron chi connectivity index (χ3n) is 4.00. The van der Waals surface area contributed by atoms with Crippen LogP contribution in [-0.2, 0) is 16.4 Å². The molecule has 0 saturated carbocycles. The molecule has 1 aromatic heterocycles. The zero-order valence-electron chi connectivity index (χ0n) is 15.6. The molecule has 1 aromatic carbocycles. The first-order chi connectivity index (χ1) is 12.2. The van der Waals surface area contributed by atoms with Crippen molar-refractivity contribution in [2.45, 2.75) is 32.1 Å². The van der Waals surface area contributed by atoms with Crippen LogP contribution >= 0.6 is 0 Å². The van der Waals surface area contributed by atoms with E-state index < -0.39 is 14.6 Å². The number of hydrogen-bond acceptors (Lipinski definition) is 5. The maximum Gasteiger partial charge on any atom is 0.226 e. The number of guanidine groups is 1. The molecule has 8 heteroatoms. The number of benzene rings is 1. The van der Waals surface area contributed by atoms with Crippen molar-refractivity contribution in [1.82, 2.24) is 15.6 Å². The topological polar surface area (TPSA) is 96.6 Å². The van der Waals surface area contributed by atoms with Gasteiger partial charge in [-0.25, -0.2) is 18.4 Å². The van der Waals surface area contributed by atoms with Gasteiger partial charge in [-0.1, -0.05) is 18.2 Å². The van der Waals surface area contributed by atoms with Gasteiger partial charge in [0.25, 0.3) is 0 Å². The summed E-state index contributed by atoms with van der Waals surface area (Å²) >= 11 is 0. The number of aliphatic imine (C=N–C) groups is 1. The Labute approximate surface area is 154 Å². The van der Waals surface area contributed by atoms with Crippen molar-refractivity contribution in [3.05, 3.63) is 42.3 Å². The van der Waals surface area contributed by atoms with Crippen LogP contribution in [0.25, 0.3) is 11.5 Å². The molecule has 2 rings (SSSR count). The van der Waals surface area contributed by atoms with Gasteiger partial charge in [-0.15, -0.1) is 0 Å². The highest BCUT2D eigenvalue weighted by molar-refractivity contribution is 7.92. The molecular formula is C18H26N4O3S. The summed E-state index contributed by atoms with van der Waals surface area (Å²) in [6.45, 7) is 6.56. The van der Waals surface area contributed by atoms with E-state index in [1.165, 1.54) is 6.26 Å². The fourth-order valence-electron chi connectivity index (χ4n) is 2.02. The minimum absolute atomic E-state index is 0.256. The molecule has 0 aliphatic carbocycles. The molecule has 0 aliphatic rings. The number of oxazole rings is 1. The molecule has 0 radical (unpaired) electrons. The van der Waals surface area contributed by atoms with E-state index >= 15 is 0 Å². The Hall–Kier alpha value is -2.35. The lowest BCUT2D eigenvalue weighted by molar-refractivity contribution is 0.544. The summed E-state index contributed by atoms with van der Waals surface area (Å²) in [5.74, 6) is 1.08. The average molecular weight is 378 g/mol. The summed E-state index contributed by atoms with van der Waals surface area (Å²) in [5.41, 5.74) is 1.60. The molecule has 26 heavy (non-hydrogen) atoms. The van der Waals surface area contributed by atoms with Crippen LogP contribution in [0.4, 0.5) is 0 Å². The van der Waals surface area contributed by atoms with E-state index in [0.29, 0.717) is 30.6 Å². The predicted molar refractivity (Wildman–Crippen MR) is 104 cm³/mol. The minimum atomic E-state index is -3.18. The smallest absolute Gasteiger partial charge is 0.226 e. The van der Waals surface area contributed by atoms with Crippen molar-refractivity contribution < 1.29 is 12.8 Å². The molecule has 142 valence electrons. The van der Waals surface area contributed by atoms with Crippen molar-refractivity contribution >= 4 is 15.8 Å². The summed E-state index contributed by atoms with van der Waals surface area (Å²) in [6.07, 6.45) is 2.81. The van der Waals surface area contributed by atoms with Crippen molar-refractivity contribution in [2.75, 3.05) is 19.3 Å². The summed E-state index contributed by atoms with van der Waals surface area (Å²) in [7, 11) is -3.18. The summed E-state index contributed by atoms with van der Waals surface area (Å²) in [6, 6.07) is 9.64. The molecule has 0 aliphatic heterocycles. The van der Waals surface area contributed by atoms with Gasteiger partial charge in [0.2, 0.25) is 5.89 Å². The van der Waals surface area contributed by atoms with Gasteiger partial charge in [0.1, 0.15) is 12.0 Å². The van der Waals surface area contributed by atoms with Crippen LogP contribution in [0.3, 0.4) is 0 Å². The summed E-state index contributed by atoms with van der Waals surface area (Å²) in [4.78, 5) is 8.89. The Morgan fingerprint density at radius 2 is 1.92 bits per heavy atom. The highest BCUT2D eigenvalue weighted by atomic mass is 32.2. The zero-order chi connectivity index (χ0) is 19.2. The first kappa shape index (κ1) is 20.0. The second kappa shape index (κ2) is 8.35. The molecule has 0 unspecified atom stereocenters. The zero-order valence-corrected chi connectivity index (χ0v) is 16.4. The molecule has 1 heterocycles. The number of hydrogen-bond donors (Lipinski definition) is 2.